The van der Waals surface area contributed by atoms with E-state index in [1.54, 1.807) is 13.2 Å². The van der Waals surface area contributed by atoms with E-state index in [0.717, 1.165) is 35.3 Å². The minimum Gasteiger partial charge on any atom is -0.497 e. The first-order valence-electron chi connectivity index (χ1n) is 8.48. The van der Waals surface area contributed by atoms with E-state index in [9.17, 15) is 4.79 Å². The third-order valence-electron chi connectivity index (χ3n) is 3.67. The summed E-state index contributed by atoms with van der Waals surface area (Å²) >= 11 is 0. The average Bonchev–Trinajstić information content (AvgIpc) is 2.66. The normalized spacial score (nSPS) is 11.1. The summed E-state index contributed by atoms with van der Waals surface area (Å²) < 4.78 is 10.2. The van der Waals surface area contributed by atoms with Gasteiger partial charge in [-0.25, -0.2) is 4.79 Å². The van der Waals surface area contributed by atoms with Crippen LogP contribution in [0.5, 0.6) is 5.75 Å². The quantitative estimate of drug-likeness (QED) is 0.287. The lowest BCUT2D eigenvalue weighted by molar-refractivity contribution is -0.137. The van der Waals surface area contributed by atoms with Gasteiger partial charge in [0.15, 0.2) is 0 Å². The van der Waals surface area contributed by atoms with Gasteiger partial charge in [0.1, 0.15) is 5.75 Å². The van der Waals surface area contributed by atoms with Crippen molar-refractivity contribution in [2.75, 3.05) is 13.7 Å². The standard InChI is InChI=1S/C22H24O3/c1-3-4-17-25-22(23)16-13-19-8-5-18(6-9-19)7-10-20-11-14-21(24-2)15-12-20/h5-16H,3-4,17H2,1-2H3/b10-7+,16-13+. The molecule has 0 aromatic heterocycles. The highest BCUT2D eigenvalue weighted by Gasteiger charge is 1.96. The summed E-state index contributed by atoms with van der Waals surface area (Å²) in [5.74, 6) is 0.554. The minimum atomic E-state index is -0.295. The number of ether oxygens (including phenoxy) is 2. The highest BCUT2D eigenvalue weighted by molar-refractivity contribution is 5.87. The Balaban J connectivity index is 1.90. The Morgan fingerprint density at radius 3 is 1.92 bits per heavy atom. The van der Waals surface area contributed by atoms with Crippen LogP contribution >= 0.6 is 0 Å². The molecule has 0 bridgehead atoms. The highest BCUT2D eigenvalue weighted by Crippen LogP contribution is 2.14. The SMILES string of the molecule is CCCCOC(=O)/C=C/c1ccc(/C=C/c2ccc(OC)cc2)cc1. The van der Waals surface area contributed by atoms with Crippen LogP contribution < -0.4 is 4.74 Å². The van der Waals surface area contributed by atoms with Crippen molar-refractivity contribution in [2.24, 2.45) is 0 Å². The third-order valence-corrected chi connectivity index (χ3v) is 3.67. The Morgan fingerprint density at radius 2 is 1.40 bits per heavy atom. The van der Waals surface area contributed by atoms with E-state index in [0.29, 0.717) is 6.61 Å². The summed E-state index contributed by atoms with van der Waals surface area (Å²) in [6.07, 6.45) is 9.25. The average molecular weight is 336 g/mol. The molecule has 25 heavy (non-hydrogen) atoms. The number of unbranched alkanes of at least 4 members (excludes halogenated alkanes) is 1. The van der Waals surface area contributed by atoms with Gasteiger partial charge in [0.05, 0.1) is 13.7 Å². The van der Waals surface area contributed by atoms with Crippen LogP contribution in [-0.4, -0.2) is 19.7 Å². The van der Waals surface area contributed by atoms with Gasteiger partial charge in [-0.2, -0.15) is 0 Å². The number of hydrogen-bond donors (Lipinski definition) is 0. The van der Waals surface area contributed by atoms with Gasteiger partial charge in [-0.15, -0.1) is 0 Å². The Hall–Kier alpha value is -2.81. The zero-order valence-corrected chi connectivity index (χ0v) is 14.8. The fraction of sp³-hybridized carbons (Fsp3) is 0.227. The van der Waals surface area contributed by atoms with Crippen molar-refractivity contribution >= 4 is 24.2 Å². The van der Waals surface area contributed by atoms with Gasteiger partial charge in [0, 0.05) is 6.08 Å². The lowest BCUT2D eigenvalue weighted by Gasteiger charge is -2.00. The molecule has 0 aliphatic rings. The molecule has 2 aromatic rings. The Bertz CT molecular complexity index is 710. The third kappa shape index (κ3) is 6.68. The highest BCUT2D eigenvalue weighted by atomic mass is 16.5. The molecule has 3 nitrogen and oxygen atoms in total. The molecule has 0 saturated carbocycles. The fourth-order valence-corrected chi connectivity index (χ4v) is 2.16. The van der Waals surface area contributed by atoms with Crippen LogP contribution in [0.3, 0.4) is 0 Å². The Morgan fingerprint density at radius 1 is 0.880 bits per heavy atom. The van der Waals surface area contributed by atoms with E-state index in [1.165, 1.54) is 6.08 Å². The molecular weight excluding hydrogens is 312 g/mol. The maximum atomic E-state index is 11.5. The number of benzene rings is 2. The summed E-state index contributed by atoms with van der Waals surface area (Å²) in [7, 11) is 1.66. The van der Waals surface area contributed by atoms with Gasteiger partial charge in [0.2, 0.25) is 0 Å². The number of methoxy groups -OCH3 is 1. The van der Waals surface area contributed by atoms with Crippen molar-refractivity contribution in [3.8, 4) is 5.75 Å². The Kier molecular flexibility index (Phi) is 7.51. The van der Waals surface area contributed by atoms with Gasteiger partial charge < -0.3 is 9.47 Å². The van der Waals surface area contributed by atoms with Gasteiger partial charge >= 0.3 is 5.97 Å². The van der Waals surface area contributed by atoms with E-state index in [-0.39, 0.29) is 5.97 Å². The minimum absolute atomic E-state index is 0.295. The zero-order chi connectivity index (χ0) is 17.9. The lowest BCUT2D eigenvalue weighted by Crippen LogP contribution is -2.01. The van der Waals surface area contributed by atoms with E-state index in [1.807, 2.05) is 54.6 Å². The largest absolute Gasteiger partial charge is 0.497 e. The summed E-state index contributed by atoms with van der Waals surface area (Å²) in [6, 6.07) is 15.9. The summed E-state index contributed by atoms with van der Waals surface area (Å²) in [6.45, 7) is 2.54. The van der Waals surface area contributed by atoms with Crippen LogP contribution in [0.1, 0.15) is 36.5 Å². The van der Waals surface area contributed by atoms with Crippen molar-refractivity contribution < 1.29 is 14.3 Å². The second-order valence-electron chi connectivity index (χ2n) is 5.63. The molecule has 2 rings (SSSR count). The van der Waals surface area contributed by atoms with Crippen LogP contribution in [0, 0.1) is 0 Å². The van der Waals surface area contributed by atoms with Crippen LogP contribution in [0.15, 0.2) is 54.6 Å². The second-order valence-corrected chi connectivity index (χ2v) is 5.63. The van der Waals surface area contributed by atoms with E-state index >= 15 is 0 Å². The topological polar surface area (TPSA) is 35.5 Å². The maximum Gasteiger partial charge on any atom is 0.330 e. The van der Waals surface area contributed by atoms with Gasteiger partial charge in [0.25, 0.3) is 0 Å². The molecule has 0 N–H and O–H groups in total. The molecule has 0 aliphatic carbocycles. The van der Waals surface area contributed by atoms with E-state index in [2.05, 4.69) is 13.0 Å². The molecular formula is C22H24O3. The smallest absolute Gasteiger partial charge is 0.330 e. The molecule has 0 spiro atoms. The molecule has 3 heteroatoms. The predicted molar refractivity (Wildman–Crippen MR) is 103 cm³/mol. The van der Waals surface area contributed by atoms with Crippen LogP contribution in [0.2, 0.25) is 0 Å². The molecule has 0 aliphatic heterocycles. The number of hydrogen-bond acceptors (Lipinski definition) is 3. The molecule has 0 radical (unpaired) electrons. The molecule has 0 heterocycles. The van der Waals surface area contributed by atoms with E-state index in [4.69, 9.17) is 9.47 Å². The summed E-state index contributed by atoms with van der Waals surface area (Å²) in [4.78, 5) is 11.5. The molecule has 0 saturated heterocycles. The monoisotopic (exact) mass is 336 g/mol. The van der Waals surface area contributed by atoms with Crippen molar-refractivity contribution in [3.05, 3.63) is 71.3 Å². The summed E-state index contributed by atoms with van der Waals surface area (Å²) in [5, 5.41) is 0. The van der Waals surface area contributed by atoms with Crippen LogP contribution in [-0.2, 0) is 9.53 Å². The van der Waals surface area contributed by atoms with Crippen molar-refractivity contribution in [2.45, 2.75) is 19.8 Å². The second kappa shape index (κ2) is 10.1. The van der Waals surface area contributed by atoms with Crippen molar-refractivity contribution in [1.29, 1.82) is 0 Å². The van der Waals surface area contributed by atoms with Crippen LogP contribution in [0.4, 0.5) is 0 Å². The first-order chi connectivity index (χ1) is 12.2. The number of rotatable bonds is 8. The number of esters is 1. The van der Waals surface area contributed by atoms with Gasteiger partial charge in [-0.05, 0) is 41.3 Å². The maximum absolute atomic E-state index is 11.5. The first-order valence-corrected chi connectivity index (χ1v) is 8.48. The lowest BCUT2D eigenvalue weighted by atomic mass is 10.1. The molecule has 2 aromatic carbocycles. The summed E-state index contributed by atoms with van der Waals surface area (Å²) in [5.41, 5.74) is 3.17. The fourth-order valence-electron chi connectivity index (χ4n) is 2.16. The molecule has 0 fully saturated rings. The molecule has 0 unspecified atom stereocenters. The van der Waals surface area contributed by atoms with Crippen molar-refractivity contribution in [1.82, 2.24) is 0 Å². The Labute approximate surface area is 149 Å². The zero-order valence-electron chi connectivity index (χ0n) is 14.8. The molecule has 0 atom stereocenters. The predicted octanol–water partition coefficient (Wildman–Crippen LogP) is 5.22. The van der Waals surface area contributed by atoms with E-state index < -0.39 is 0 Å². The van der Waals surface area contributed by atoms with Crippen LogP contribution in [0.25, 0.3) is 18.2 Å². The molecule has 0 amide bonds. The number of carbonyl (C=O) groups is 1. The van der Waals surface area contributed by atoms with Crippen molar-refractivity contribution in [3.63, 3.8) is 0 Å². The van der Waals surface area contributed by atoms with Gasteiger partial charge in [-0.3, -0.25) is 0 Å². The number of carbonyl (C=O) groups excluding carboxylic acids is 1. The molecule has 130 valence electrons. The van der Waals surface area contributed by atoms with Gasteiger partial charge in [-0.1, -0.05) is 61.9 Å². The first kappa shape index (κ1) is 18.5.